The lowest BCUT2D eigenvalue weighted by Crippen LogP contribution is -2.46. The zero-order valence-corrected chi connectivity index (χ0v) is 11.3. The number of ether oxygens (including phenoxy) is 1. The van der Waals surface area contributed by atoms with Crippen molar-refractivity contribution in [1.29, 1.82) is 0 Å². The summed E-state index contributed by atoms with van der Waals surface area (Å²) in [6, 6.07) is -0.376. The second-order valence-corrected chi connectivity index (χ2v) is 5.88. The van der Waals surface area contributed by atoms with Crippen molar-refractivity contribution in [3.05, 3.63) is 0 Å². The van der Waals surface area contributed by atoms with E-state index in [1.54, 1.807) is 0 Å². The lowest BCUT2D eigenvalue weighted by molar-refractivity contribution is -0.123. The molecule has 1 heterocycles. The Kier molecular flexibility index (Phi) is 5.40. The molecular formula is C13H26N2O2. The molecule has 0 aromatic carbocycles. The van der Waals surface area contributed by atoms with Crippen molar-refractivity contribution in [3.8, 4) is 0 Å². The van der Waals surface area contributed by atoms with E-state index in [9.17, 15) is 4.79 Å². The molecule has 17 heavy (non-hydrogen) atoms. The summed E-state index contributed by atoms with van der Waals surface area (Å²) in [6.07, 6.45) is 2.76. The van der Waals surface area contributed by atoms with Crippen LogP contribution in [0.1, 0.15) is 40.0 Å². The number of amides is 1. The summed E-state index contributed by atoms with van der Waals surface area (Å²) in [5.41, 5.74) is 6.01. The molecule has 4 heteroatoms. The second-order valence-electron chi connectivity index (χ2n) is 5.88. The molecule has 0 bridgehead atoms. The lowest BCUT2D eigenvalue weighted by atomic mass is 9.82. The Bertz CT molecular complexity index is 248. The molecular weight excluding hydrogens is 216 g/mol. The molecule has 0 spiro atoms. The van der Waals surface area contributed by atoms with Crippen molar-refractivity contribution in [2.24, 2.45) is 17.1 Å². The highest BCUT2D eigenvalue weighted by Gasteiger charge is 2.28. The smallest absolute Gasteiger partial charge is 0.236 e. The van der Waals surface area contributed by atoms with Gasteiger partial charge in [-0.2, -0.15) is 0 Å². The number of nitrogens with two attached hydrogens (primary N) is 1. The van der Waals surface area contributed by atoms with Crippen LogP contribution in [0.15, 0.2) is 0 Å². The summed E-state index contributed by atoms with van der Waals surface area (Å²) < 4.78 is 5.33. The van der Waals surface area contributed by atoms with Gasteiger partial charge < -0.3 is 15.8 Å². The van der Waals surface area contributed by atoms with Gasteiger partial charge in [0, 0.05) is 19.8 Å². The highest BCUT2D eigenvalue weighted by Crippen LogP contribution is 2.28. The molecule has 0 radical (unpaired) electrons. The molecule has 1 aliphatic rings. The normalized spacial score (nSPS) is 21.2. The van der Waals surface area contributed by atoms with Crippen molar-refractivity contribution in [2.45, 2.75) is 46.1 Å². The number of hydrogen-bond acceptors (Lipinski definition) is 3. The molecule has 100 valence electrons. The van der Waals surface area contributed by atoms with E-state index < -0.39 is 0 Å². The molecule has 3 N–H and O–H groups in total. The first kappa shape index (κ1) is 14.5. The second kappa shape index (κ2) is 6.36. The standard InChI is InChI=1S/C13H26N2O2/c1-10(2)8-11(14)12(16)15-9-13(3)4-6-17-7-5-13/h10-11H,4-9,14H2,1-3H3,(H,15,16). The van der Waals surface area contributed by atoms with Crippen molar-refractivity contribution in [3.63, 3.8) is 0 Å². The molecule has 1 amide bonds. The summed E-state index contributed by atoms with van der Waals surface area (Å²) in [6.45, 7) is 8.65. The van der Waals surface area contributed by atoms with Crippen LogP contribution in [0.25, 0.3) is 0 Å². The minimum absolute atomic E-state index is 0.0218. The molecule has 0 aromatic heterocycles. The van der Waals surface area contributed by atoms with Crippen molar-refractivity contribution >= 4 is 5.91 Å². The predicted molar refractivity (Wildman–Crippen MR) is 68.6 cm³/mol. The van der Waals surface area contributed by atoms with E-state index in [0.717, 1.165) is 32.5 Å². The van der Waals surface area contributed by atoms with E-state index in [1.807, 2.05) is 0 Å². The van der Waals surface area contributed by atoms with Gasteiger partial charge >= 0.3 is 0 Å². The number of carbonyl (C=O) groups excluding carboxylic acids is 1. The Morgan fingerprint density at radius 1 is 1.41 bits per heavy atom. The van der Waals surface area contributed by atoms with E-state index in [1.165, 1.54) is 0 Å². The predicted octanol–water partition coefficient (Wildman–Crippen LogP) is 1.29. The van der Waals surface area contributed by atoms with E-state index in [4.69, 9.17) is 10.5 Å². The van der Waals surface area contributed by atoms with Gasteiger partial charge in [0.05, 0.1) is 6.04 Å². The van der Waals surface area contributed by atoms with Gasteiger partial charge in [0.25, 0.3) is 0 Å². The van der Waals surface area contributed by atoms with Gasteiger partial charge in [-0.1, -0.05) is 20.8 Å². The van der Waals surface area contributed by atoms with Crippen LogP contribution in [0, 0.1) is 11.3 Å². The Labute approximate surface area is 104 Å². The first-order valence-electron chi connectivity index (χ1n) is 6.54. The Morgan fingerprint density at radius 3 is 2.53 bits per heavy atom. The summed E-state index contributed by atoms with van der Waals surface area (Å²) >= 11 is 0. The molecule has 0 saturated carbocycles. The van der Waals surface area contributed by atoms with Gasteiger partial charge in [0.1, 0.15) is 0 Å². The van der Waals surface area contributed by atoms with Crippen LogP contribution in [-0.2, 0) is 9.53 Å². The molecule has 1 saturated heterocycles. The average Bonchev–Trinajstić information content (AvgIpc) is 2.26. The van der Waals surface area contributed by atoms with Crippen molar-refractivity contribution in [1.82, 2.24) is 5.32 Å². The highest BCUT2D eigenvalue weighted by molar-refractivity contribution is 5.81. The van der Waals surface area contributed by atoms with E-state index in [-0.39, 0.29) is 17.4 Å². The summed E-state index contributed by atoms with van der Waals surface area (Å²) in [5.74, 6) is 0.431. The quantitative estimate of drug-likeness (QED) is 0.763. The SMILES string of the molecule is CC(C)CC(N)C(=O)NCC1(C)CCOCC1. The Morgan fingerprint density at radius 2 is 2.00 bits per heavy atom. The largest absolute Gasteiger partial charge is 0.381 e. The fourth-order valence-electron chi connectivity index (χ4n) is 2.09. The maximum Gasteiger partial charge on any atom is 0.236 e. The average molecular weight is 242 g/mol. The third kappa shape index (κ3) is 5.04. The fraction of sp³-hybridized carbons (Fsp3) is 0.923. The van der Waals surface area contributed by atoms with Crippen LogP contribution in [0.3, 0.4) is 0 Å². The molecule has 1 rings (SSSR count). The van der Waals surface area contributed by atoms with Gasteiger partial charge in [-0.15, -0.1) is 0 Å². The number of hydrogen-bond donors (Lipinski definition) is 2. The van der Waals surface area contributed by atoms with E-state index in [2.05, 4.69) is 26.1 Å². The molecule has 4 nitrogen and oxygen atoms in total. The zero-order valence-electron chi connectivity index (χ0n) is 11.3. The van der Waals surface area contributed by atoms with Crippen LogP contribution in [-0.4, -0.2) is 31.7 Å². The van der Waals surface area contributed by atoms with Gasteiger partial charge in [0.2, 0.25) is 5.91 Å². The number of nitrogens with one attached hydrogen (secondary N) is 1. The monoisotopic (exact) mass is 242 g/mol. The summed E-state index contributed by atoms with van der Waals surface area (Å²) in [4.78, 5) is 11.8. The first-order chi connectivity index (χ1) is 7.93. The summed E-state index contributed by atoms with van der Waals surface area (Å²) in [5, 5.41) is 2.98. The van der Waals surface area contributed by atoms with Gasteiger partial charge in [-0.25, -0.2) is 0 Å². The Hall–Kier alpha value is -0.610. The minimum atomic E-state index is -0.376. The fourth-order valence-corrected chi connectivity index (χ4v) is 2.09. The van der Waals surface area contributed by atoms with Gasteiger partial charge in [-0.3, -0.25) is 4.79 Å². The maximum absolute atomic E-state index is 11.8. The third-order valence-electron chi connectivity index (χ3n) is 3.45. The molecule has 0 aromatic rings. The molecule has 1 aliphatic heterocycles. The third-order valence-corrected chi connectivity index (χ3v) is 3.45. The zero-order chi connectivity index (χ0) is 12.9. The van der Waals surface area contributed by atoms with Gasteiger partial charge in [0.15, 0.2) is 0 Å². The number of rotatable bonds is 5. The molecule has 1 fully saturated rings. The maximum atomic E-state index is 11.8. The summed E-state index contributed by atoms with van der Waals surface area (Å²) in [7, 11) is 0. The van der Waals surface area contributed by atoms with Crippen LogP contribution >= 0.6 is 0 Å². The highest BCUT2D eigenvalue weighted by atomic mass is 16.5. The molecule has 1 unspecified atom stereocenters. The molecule has 0 aliphatic carbocycles. The van der Waals surface area contributed by atoms with E-state index in [0.29, 0.717) is 12.5 Å². The topological polar surface area (TPSA) is 64.4 Å². The van der Waals surface area contributed by atoms with Crippen molar-refractivity contribution in [2.75, 3.05) is 19.8 Å². The van der Waals surface area contributed by atoms with E-state index >= 15 is 0 Å². The van der Waals surface area contributed by atoms with Gasteiger partial charge in [-0.05, 0) is 30.6 Å². The van der Waals surface area contributed by atoms with Crippen LogP contribution in [0.2, 0.25) is 0 Å². The number of carbonyl (C=O) groups is 1. The van der Waals surface area contributed by atoms with Crippen LogP contribution in [0.5, 0.6) is 0 Å². The van der Waals surface area contributed by atoms with Crippen LogP contribution in [0.4, 0.5) is 0 Å². The molecule has 1 atom stereocenters. The minimum Gasteiger partial charge on any atom is -0.381 e. The lowest BCUT2D eigenvalue weighted by Gasteiger charge is -2.33. The Balaban J connectivity index is 2.31. The van der Waals surface area contributed by atoms with Crippen LogP contribution < -0.4 is 11.1 Å². The first-order valence-corrected chi connectivity index (χ1v) is 6.54. The van der Waals surface area contributed by atoms with Crippen molar-refractivity contribution < 1.29 is 9.53 Å².